The summed E-state index contributed by atoms with van der Waals surface area (Å²) in [5.41, 5.74) is 5.07. The Morgan fingerprint density at radius 2 is 1.74 bits per heavy atom. The van der Waals surface area contributed by atoms with E-state index in [2.05, 4.69) is 32.7 Å². The van der Waals surface area contributed by atoms with E-state index in [1.54, 1.807) is 13.1 Å². The topological polar surface area (TPSA) is 133 Å². The number of imidazole rings is 1. The Balaban J connectivity index is 1.41. The summed E-state index contributed by atoms with van der Waals surface area (Å²) < 4.78 is 5.57. The van der Waals surface area contributed by atoms with Crippen LogP contribution in [-0.2, 0) is 20.7 Å². The largest absolute Gasteiger partial charge is 0.481 e. The molecule has 2 atom stereocenters. The molecule has 3 aromatic rings. The quantitative estimate of drug-likeness (QED) is 0.355. The minimum absolute atomic E-state index is 0.0312. The van der Waals surface area contributed by atoms with E-state index in [0.29, 0.717) is 12.1 Å². The van der Waals surface area contributed by atoms with Crippen molar-refractivity contribution >= 4 is 18.0 Å². The lowest BCUT2D eigenvalue weighted by molar-refractivity contribution is -0.141. The van der Waals surface area contributed by atoms with Crippen molar-refractivity contribution < 1.29 is 24.2 Å². The molecular formula is C26H28N4O5. The summed E-state index contributed by atoms with van der Waals surface area (Å²) in [4.78, 5) is 43.7. The van der Waals surface area contributed by atoms with E-state index in [4.69, 9.17) is 4.74 Å². The molecule has 35 heavy (non-hydrogen) atoms. The summed E-state index contributed by atoms with van der Waals surface area (Å²) in [6.45, 7) is 1.83. The fraction of sp³-hybridized carbons (Fsp3) is 0.308. The Hall–Kier alpha value is -4.14. The van der Waals surface area contributed by atoms with Gasteiger partial charge in [0, 0.05) is 30.8 Å². The van der Waals surface area contributed by atoms with Gasteiger partial charge in [-0.2, -0.15) is 0 Å². The lowest BCUT2D eigenvalue weighted by Gasteiger charge is -2.20. The average molecular weight is 477 g/mol. The van der Waals surface area contributed by atoms with E-state index in [0.717, 1.165) is 22.3 Å². The molecule has 0 bridgehead atoms. The van der Waals surface area contributed by atoms with Crippen molar-refractivity contribution in [2.75, 3.05) is 13.2 Å². The number of carboxylic acids is 1. The van der Waals surface area contributed by atoms with Crippen LogP contribution in [0.1, 0.15) is 36.1 Å². The van der Waals surface area contributed by atoms with Crippen molar-refractivity contribution in [1.82, 2.24) is 20.6 Å². The first-order valence-electron chi connectivity index (χ1n) is 11.6. The molecule has 2 aromatic carbocycles. The monoisotopic (exact) mass is 476 g/mol. The Morgan fingerprint density at radius 3 is 2.31 bits per heavy atom. The van der Waals surface area contributed by atoms with Gasteiger partial charge in [-0.15, -0.1) is 0 Å². The van der Waals surface area contributed by atoms with Crippen LogP contribution in [0.2, 0.25) is 0 Å². The highest BCUT2D eigenvalue weighted by Gasteiger charge is 2.30. The lowest BCUT2D eigenvalue weighted by atomic mass is 9.98. The van der Waals surface area contributed by atoms with Crippen molar-refractivity contribution in [3.63, 3.8) is 0 Å². The second-order valence-corrected chi connectivity index (χ2v) is 8.49. The number of rotatable bonds is 10. The highest BCUT2D eigenvalue weighted by molar-refractivity contribution is 5.86. The molecule has 1 heterocycles. The number of fused-ring (bicyclic) bond motifs is 3. The molecule has 0 aliphatic heterocycles. The first kappa shape index (κ1) is 24.0. The molecule has 0 saturated carbocycles. The van der Waals surface area contributed by atoms with Gasteiger partial charge in [-0.1, -0.05) is 55.5 Å². The Morgan fingerprint density at radius 1 is 1.09 bits per heavy atom. The van der Waals surface area contributed by atoms with Gasteiger partial charge in [-0.05, 0) is 28.7 Å². The molecule has 0 spiro atoms. The molecule has 1 unspecified atom stereocenters. The fourth-order valence-corrected chi connectivity index (χ4v) is 4.36. The van der Waals surface area contributed by atoms with Crippen molar-refractivity contribution in [2.24, 2.45) is 5.92 Å². The molecule has 9 heteroatoms. The van der Waals surface area contributed by atoms with Gasteiger partial charge in [-0.25, -0.2) is 9.78 Å². The second kappa shape index (κ2) is 10.9. The lowest BCUT2D eigenvalue weighted by Crippen LogP contribution is -2.49. The third kappa shape index (κ3) is 5.51. The minimum atomic E-state index is -0.984. The van der Waals surface area contributed by atoms with Crippen LogP contribution < -0.4 is 10.6 Å². The number of aliphatic carboxylic acids is 1. The summed E-state index contributed by atoms with van der Waals surface area (Å²) in [6.07, 6.45) is 2.85. The Kier molecular flexibility index (Phi) is 7.45. The molecule has 0 fully saturated rings. The van der Waals surface area contributed by atoms with Gasteiger partial charge >= 0.3 is 12.1 Å². The van der Waals surface area contributed by atoms with Crippen LogP contribution in [0.3, 0.4) is 0 Å². The maximum absolute atomic E-state index is 12.8. The number of hydrogen-bond acceptors (Lipinski definition) is 5. The van der Waals surface area contributed by atoms with Crippen LogP contribution in [0.4, 0.5) is 4.79 Å². The third-order valence-corrected chi connectivity index (χ3v) is 6.30. The summed E-state index contributed by atoms with van der Waals surface area (Å²) >= 11 is 0. The minimum Gasteiger partial charge on any atom is -0.481 e. The van der Waals surface area contributed by atoms with Gasteiger partial charge in [0.1, 0.15) is 12.6 Å². The molecule has 4 N–H and O–H groups in total. The normalized spacial score (nSPS) is 13.9. The molecular weight excluding hydrogens is 448 g/mol. The van der Waals surface area contributed by atoms with Crippen LogP contribution in [0.5, 0.6) is 0 Å². The van der Waals surface area contributed by atoms with E-state index >= 15 is 0 Å². The Labute approximate surface area is 202 Å². The highest BCUT2D eigenvalue weighted by atomic mass is 16.5. The predicted molar refractivity (Wildman–Crippen MR) is 129 cm³/mol. The van der Waals surface area contributed by atoms with Crippen LogP contribution in [-0.4, -0.2) is 52.2 Å². The van der Waals surface area contributed by atoms with Crippen molar-refractivity contribution in [3.8, 4) is 11.1 Å². The number of amides is 2. The zero-order chi connectivity index (χ0) is 24.8. The molecule has 1 aliphatic carbocycles. The maximum atomic E-state index is 12.8. The first-order chi connectivity index (χ1) is 17.0. The van der Waals surface area contributed by atoms with E-state index in [1.165, 1.54) is 6.33 Å². The smallest absolute Gasteiger partial charge is 0.407 e. The van der Waals surface area contributed by atoms with Gasteiger partial charge in [0.2, 0.25) is 5.91 Å². The number of benzene rings is 2. The summed E-state index contributed by atoms with van der Waals surface area (Å²) in [5, 5.41) is 14.5. The summed E-state index contributed by atoms with van der Waals surface area (Å²) in [5.74, 6) is -2.29. The molecule has 182 valence electrons. The Bertz CT molecular complexity index is 1150. The predicted octanol–water partition coefficient (Wildman–Crippen LogP) is 3.09. The number of carboxylic acid groups (broad SMARTS) is 1. The summed E-state index contributed by atoms with van der Waals surface area (Å²) in [7, 11) is 0. The zero-order valence-electron chi connectivity index (χ0n) is 19.4. The van der Waals surface area contributed by atoms with E-state index in [-0.39, 0.29) is 25.5 Å². The molecule has 2 amide bonds. The number of aromatic amines is 1. The SMILES string of the molecule is CCC(CNC(=O)[C@@H](Cc1cnc[nH]1)NC(=O)OCC1c2ccccc2-c2ccccc21)C(=O)O. The number of hydrogen-bond donors (Lipinski definition) is 4. The van der Waals surface area contributed by atoms with E-state index < -0.39 is 29.9 Å². The van der Waals surface area contributed by atoms with Gasteiger partial charge in [-0.3, -0.25) is 9.59 Å². The number of alkyl carbamates (subject to hydrolysis) is 1. The molecule has 1 aromatic heterocycles. The number of aromatic nitrogens is 2. The molecule has 0 radical (unpaired) electrons. The van der Waals surface area contributed by atoms with Crippen LogP contribution >= 0.6 is 0 Å². The van der Waals surface area contributed by atoms with Gasteiger partial charge in [0.05, 0.1) is 12.2 Å². The van der Waals surface area contributed by atoms with Crippen LogP contribution in [0.25, 0.3) is 11.1 Å². The number of carbonyl (C=O) groups is 3. The maximum Gasteiger partial charge on any atom is 0.407 e. The van der Waals surface area contributed by atoms with E-state index in [1.807, 2.05) is 36.4 Å². The third-order valence-electron chi connectivity index (χ3n) is 6.30. The van der Waals surface area contributed by atoms with Gasteiger partial charge < -0.3 is 25.5 Å². The van der Waals surface area contributed by atoms with Gasteiger partial charge in [0.15, 0.2) is 0 Å². The first-order valence-corrected chi connectivity index (χ1v) is 11.6. The summed E-state index contributed by atoms with van der Waals surface area (Å²) in [6, 6.07) is 15.1. The second-order valence-electron chi connectivity index (χ2n) is 8.49. The van der Waals surface area contributed by atoms with Crippen LogP contribution in [0.15, 0.2) is 61.1 Å². The van der Waals surface area contributed by atoms with Gasteiger partial charge in [0.25, 0.3) is 0 Å². The average Bonchev–Trinajstić information content (AvgIpc) is 3.48. The number of nitrogens with one attached hydrogen (secondary N) is 3. The zero-order valence-corrected chi connectivity index (χ0v) is 19.4. The highest BCUT2D eigenvalue weighted by Crippen LogP contribution is 2.44. The van der Waals surface area contributed by atoms with Crippen molar-refractivity contribution in [1.29, 1.82) is 0 Å². The van der Waals surface area contributed by atoms with Crippen molar-refractivity contribution in [3.05, 3.63) is 77.9 Å². The molecule has 9 nitrogen and oxygen atoms in total. The van der Waals surface area contributed by atoms with E-state index in [9.17, 15) is 19.5 Å². The molecule has 0 saturated heterocycles. The van der Waals surface area contributed by atoms with Crippen LogP contribution in [0, 0.1) is 5.92 Å². The number of ether oxygens (including phenoxy) is 1. The standard InChI is InChI=1S/C26H28N4O5/c1-2-16(25(32)33)12-28-24(31)23(11-17-13-27-15-29-17)30-26(34)35-14-22-20-9-5-3-7-18(20)19-8-4-6-10-21(19)22/h3-10,13,15-16,22-23H,2,11-12,14H2,1H3,(H,27,29)(H,28,31)(H,30,34)(H,32,33)/t16?,23-/m1/s1. The number of H-pyrrole nitrogens is 1. The van der Waals surface area contributed by atoms with Crippen molar-refractivity contribution in [2.45, 2.75) is 31.7 Å². The molecule has 4 rings (SSSR count). The number of nitrogens with zero attached hydrogens (tertiary/aromatic N) is 1. The fourth-order valence-electron chi connectivity index (χ4n) is 4.36. The molecule has 1 aliphatic rings. The number of carbonyl (C=O) groups excluding carboxylic acids is 2.